The number of nitrogens with one attached hydrogen (secondary N) is 1. The number of aliphatic hydroxyl groups is 1. The fraction of sp³-hybridized carbons (Fsp3) is 0.333. The van der Waals surface area contributed by atoms with Crippen molar-refractivity contribution in [1.29, 1.82) is 0 Å². The Balaban J connectivity index is 2.26. The van der Waals surface area contributed by atoms with Gasteiger partial charge in [0.15, 0.2) is 0 Å². The van der Waals surface area contributed by atoms with Crippen molar-refractivity contribution >= 4 is 33.3 Å². The molecule has 0 aliphatic rings. The number of aliphatic hydroxyl groups excluding tert-OH is 1. The van der Waals surface area contributed by atoms with Crippen molar-refractivity contribution in [1.82, 2.24) is 9.97 Å². The molecule has 0 radical (unpaired) electrons. The van der Waals surface area contributed by atoms with Gasteiger partial charge in [-0.3, -0.25) is 0 Å². The van der Waals surface area contributed by atoms with Gasteiger partial charge in [-0.25, -0.2) is 13.8 Å². The first-order chi connectivity index (χ1) is 8.02. The summed E-state index contributed by atoms with van der Waals surface area (Å²) in [5.74, 6) is -2.92. The van der Waals surface area contributed by atoms with Crippen LogP contribution in [0.5, 0.6) is 0 Å². The summed E-state index contributed by atoms with van der Waals surface area (Å²) in [6, 6.07) is 1.72. The summed E-state index contributed by atoms with van der Waals surface area (Å²) in [7, 11) is 0. The summed E-state index contributed by atoms with van der Waals surface area (Å²) in [6.45, 7) is -1.92. The van der Waals surface area contributed by atoms with Crippen LogP contribution in [0.2, 0.25) is 0 Å². The van der Waals surface area contributed by atoms with Crippen molar-refractivity contribution in [2.45, 2.75) is 5.92 Å². The lowest BCUT2D eigenvalue weighted by Gasteiger charge is -2.14. The Morgan fingerprint density at radius 2 is 2.24 bits per heavy atom. The van der Waals surface area contributed by atoms with Gasteiger partial charge in [-0.1, -0.05) is 0 Å². The number of hydrogen-bond acceptors (Lipinski definition) is 6. The number of thiophene rings is 1. The van der Waals surface area contributed by atoms with E-state index < -0.39 is 19.1 Å². The summed E-state index contributed by atoms with van der Waals surface area (Å²) in [5, 5.41) is 13.3. The Hall–Kier alpha value is -1.54. The minimum absolute atomic E-state index is 0.0229. The lowest BCUT2D eigenvalue weighted by Crippen LogP contribution is -2.31. The molecule has 5 nitrogen and oxygen atoms in total. The molecule has 0 aromatic carbocycles. The van der Waals surface area contributed by atoms with Crippen LogP contribution in [0, 0.1) is 0 Å². The number of rotatable bonds is 4. The minimum Gasteiger partial charge on any atom is -0.390 e. The highest BCUT2D eigenvalue weighted by Gasteiger charge is 2.27. The predicted molar refractivity (Wildman–Crippen MR) is 62.3 cm³/mol. The van der Waals surface area contributed by atoms with Crippen molar-refractivity contribution in [3.05, 3.63) is 11.4 Å². The third kappa shape index (κ3) is 2.59. The van der Waals surface area contributed by atoms with E-state index in [1.54, 1.807) is 11.4 Å². The molecule has 0 unspecified atom stereocenters. The first-order valence-electron chi connectivity index (χ1n) is 4.75. The van der Waals surface area contributed by atoms with Crippen LogP contribution in [0.3, 0.4) is 0 Å². The van der Waals surface area contributed by atoms with Crippen LogP contribution in [0.1, 0.15) is 0 Å². The van der Waals surface area contributed by atoms with Gasteiger partial charge in [0, 0.05) is 0 Å². The zero-order valence-electron chi connectivity index (χ0n) is 8.65. The number of alkyl halides is 2. The standard InChI is InChI=1S/C9H10F2N4OS/c10-9(11,4-16)3-13-6-5-1-2-17-7(5)15-8(12)14-6/h1-2,16H,3-4H2,(H3,12,13,14,15). The number of nitrogens with zero attached hydrogens (tertiary/aromatic N) is 2. The fourth-order valence-electron chi connectivity index (χ4n) is 1.28. The molecule has 0 spiro atoms. The van der Waals surface area contributed by atoms with Gasteiger partial charge in [0.2, 0.25) is 5.95 Å². The first kappa shape index (κ1) is 11.9. The molecule has 0 amide bonds. The van der Waals surface area contributed by atoms with E-state index >= 15 is 0 Å². The highest BCUT2D eigenvalue weighted by Crippen LogP contribution is 2.26. The average Bonchev–Trinajstić information content (AvgIpc) is 2.73. The van der Waals surface area contributed by atoms with Gasteiger partial charge < -0.3 is 16.2 Å². The maximum absolute atomic E-state index is 12.9. The van der Waals surface area contributed by atoms with Gasteiger partial charge in [0.25, 0.3) is 5.92 Å². The number of halogens is 2. The molecule has 0 fully saturated rings. The van der Waals surface area contributed by atoms with E-state index in [4.69, 9.17) is 10.8 Å². The Morgan fingerprint density at radius 3 is 2.94 bits per heavy atom. The van der Waals surface area contributed by atoms with Crippen molar-refractivity contribution in [2.75, 3.05) is 24.2 Å². The van der Waals surface area contributed by atoms with E-state index in [1.165, 1.54) is 11.3 Å². The molecule has 2 aromatic rings. The van der Waals surface area contributed by atoms with Crippen LogP contribution < -0.4 is 11.1 Å². The lowest BCUT2D eigenvalue weighted by molar-refractivity contribution is -0.0373. The van der Waals surface area contributed by atoms with E-state index in [1.807, 2.05) is 0 Å². The van der Waals surface area contributed by atoms with Crippen LogP contribution in [0.25, 0.3) is 10.2 Å². The van der Waals surface area contributed by atoms with Crippen LogP contribution in [0.4, 0.5) is 20.5 Å². The molecule has 2 rings (SSSR count). The van der Waals surface area contributed by atoms with Crippen molar-refractivity contribution in [3.8, 4) is 0 Å². The predicted octanol–water partition coefficient (Wildman–Crippen LogP) is 1.31. The molecular formula is C9H10F2N4OS. The van der Waals surface area contributed by atoms with Gasteiger partial charge in [0.05, 0.1) is 11.9 Å². The molecule has 17 heavy (non-hydrogen) atoms. The van der Waals surface area contributed by atoms with Crippen molar-refractivity contribution in [2.24, 2.45) is 0 Å². The molecule has 2 heterocycles. The molecule has 0 aliphatic carbocycles. The topological polar surface area (TPSA) is 84.1 Å². The summed E-state index contributed by atoms with van der Waals surface area (Å²) >= 11 is 1.35. The van der Waals surface area contributed by atoms with E-state index in [9.17, 15) is 8.78 Å². The van der Waals surface area contributed by atoms with Crippen LogP contribution in [0.15, 0.2) is 11.4 Å². The monoisotopic (exact) mass is 260 g/mol. The van der Waals surface area contributed by atoms with Gasteiger partial charge in [-0.05, 0) is 11.4 Å². The Bertz CT molecular complexity index is 531. The van der Waals surface area contributed by atoms with Crippen LogP contribution >= 0.6 is 11.3 Å². The molecular weight excluding hydrogens is 250 g/mol. The minimum atomic E-state index is -3.19. The molecule has 2 aromatic heterocycles. The Morgan fingerprint density at radius 1 is 1.47 bits per heavy atom. The van der Waals surface area contributed by atoms with Crippen molar-refractivity contribution in [3.63, 3.8) is 0 Å². The summed E-state index contributed by atoms with van der Waals surface area (Å²) < 4.78 is 25.8. The Labute approximate surface area is 99.3 Å². The second kappa shape index (κ2) is 4.38. The van der Waals surface area contributed by atoms with E-state index in [-0.39, 0.29) is 11.8 Å². The molecule has 8 heteroatoms. The molecule has 0 atom stereocenters. The average molecular weight is 260 g/mol. The number of nitrogen functional groups attached to an aromatic ring is 1. The number of aromatic nitrogens is 2. The maximum Gasteiger partial charge on any atom is 0.287 e. The second-order valence-electron chi connectivity index (χ2n) is 3.44. The molecule has 0 bridgehead atoms. The first-order valence-corrected chi connectivity index (χ1v) is 5.63. The molecule has 0 aliphatic heterocycles. The van der Waals surface area contributed by atoms with E-state index in [0.717, 1.165) is 0 Å². The SMILES string of the molecule is Nc1nc(NCC(F)(F)CO)c2ccsc2n1. The smallest absolute Gasteiger partial charge is 0.287 e. The maximum atomic E-state index is 12.9. The molecule has 92 valence electrons. The van der Waals surface area contributed by atoms with Gasteiger partial charge in [-0.15, -0.1) is 11.3 Å². The lowest BCUT2D eigenvalue weighted by atomic mass is 10.3. The largest absolute Gasteiger partial charge is 0.390 e. The quantitative estimate of drug-likeness (QED) is 0.772. The third-order valence-electron chi connectivity index (χ3n) is 2.09. The number of anilines is 2. The van der Waals surface area contributed by atoms with Gasteiger partial charge >= 0.3 is 0 Å². The van der Waals surface area contributed by atoms with E-state index in [0.29, 0.717) is 10.2 Å². The fourth-order valence-corrected chi connectivity index (χ4v) is 2.05. The molecule has 0 saturated heterocycles. The van der Waals surface area contributed by atoms with Crippen LogP contribution in [-0.4, -0.2) is 34.1 Å². The third-order valence-corrected chi connectivity index (χ3v) is 2.89. The Kier molecular flexibility index (Phi) is 3.07. The highest BCUT2D eigenvalue weighted by atomic mass is 32.1. The van der Waals surface area contributed by atoms with E-state index in [2.05, 4.69) is 15.3 Å². The normalized spacial score (nSPS) is 11.9. The zero-order chi connectivity index (χ0) is 12.5. The van der Waals surface area contributed by atoms with Gasteiger partial charge in [-0.2, -0.15) is 4.98 Å². The second-order valence-corrected chi connectivity index (χ2v) is 4.33. The summed E-state index contributed by atoms with van der Waals surface area (Å²) in [5.41, 5.74) is 5.46. The summed E-state index contributed by atoms with van der Waals surface area (Å²) in [4.78, 5) is 8.46. The highest BCUT2D eigenvalue weighted by molar-refractivity contribution is 7.16. The molecule has 0 saturated carbocycles. The van der Waals surface area contributed by atoms with Crippen LogP contribution in [-0.2, 0) is 0 Å². The van der Waals surface area contributed by atoms with Crippen molar-refractivity contribution < 1.29 is 13.9 Å². The number of nitrogens with two attached hydrogens (primary N) is 1. The number of fused-ring (bicyclic) bond motifs is 1. The zero-order valence-corrected chi connectivity index (χ0v) is 9.47. The number of hydrogen-bond donors (Lipinski definition) is 3. The summed E-state index contributed by atoms with van der Waals surface area (Å²) in [6.07, 6.45) is 0. The van der Waals surface area contributed by atoms with Gasteiger partial charge in [0.1, 0.15) is 17.3 Å². The molecule has 4 N–H and O–H groups in total.